The zero-order valence-corrected chi connectivity index (χ0v) is 19.1. The summed E-state index contributed by atoms with van der Waals surface area (Å²) in [5.74, 6) is 1.20. The predicted molar refractivity (Wildman–Crippen MR) is 128 cm³/mol. The first-order chi connectivity index (χ1) is 15.4. The summed E-state index contributed by atoms with van der Waals surface area (Å²) in [5, 5.41) is 3.33. The van der Waals surface area contributed by atoms with E-state index in [2.05, 4.69) is 31.1 Å². The summed E-state index contributed by atoms with van der Waals surface area (Å²) in [4.78, 5) is 17.0. The zero-order valence-electron chi connectivity index (χ0n) is 18.3. The number of benzene rings is 3. The Morgan fingerprint density at radius 1 is 1.09 bits per heavy atom. The van der Waals surface area contributed by atoms with Crippen molar-refractivity contribution in [3.05, 3.63) is 76.8 Å². The summed E-state index contributed by atoms with van der Waals surface area (Å²) in [6, 6.07) is 18.9. The van der Waals surface area contributed by atoms with Crippen LogP contribution in [-0.4, -0.2) is 17.5 Å². The molecular weight excluding hydrogens is 424 g/mol. The summed E-state index contributed by atoms with van der Waals surface area (Å²) in [6.07, 6.45) is 0.957. The Morgan fingerprint density at radius 3 is 2.59 bits per heavy atom. The normalized spacial score (nSPS) is 11.2. The highest BCUT2D eigenvalue weighted by Gasteiger charge is 2.14. The van der Waals surface area contributed by atoms with E-state index in [1.54, 1.807) is 18.2 Å². The molecule has 0 unspecified atom stereocenters. The van der Waals surface area contributed by atoms with Gasteiger partial charge in [0, 0.05) is 5.69 Å². The molecule has 0 saturated heterocycles. The third kappa shape index (κ3) is 4.94. The van der Waals surface area contributed by atoms with Gasteiger partial charge >= 0.3 is 0 Å². The number of carbonyl (C=O) groups is 1. The van der Waals surface area contributed by atoms with Gasteiger partial charge in [0.1, 0.15) is 11.3 Å². The van der Waals surface area contributed by atoms with Crippen LogP contribution in [-0.2, 0) is 11.2 Å². The lowest BCUT2D eigenvalue weighted by Crippen LogP contribution is -2.20. The third-order valence-corrected chi connectivity index (χ3v) is 5.59. The highest BCUT2D eigenvalue weighted by Crippen LogP contribution is 2.33. The van der Waals surface area contributed by atoms with Gasteiger partial charge in [-0.25, -0.2) is 4.98 Å². The van der Waals surface area contributed by atoms with Crippen LogP contribution in [0.2, 0.25) is 5.02 Å². The van der Waals surface area contributed by atoms with Crippen LogP contribution in [0, 0.1) is 0 Å². The average molecular weight is 449 g/mol. The number of nitrogens with one attached hydrogen (secondary N) is 1. The van der Waals surface area contributed by atoms with Crippen LogP contribution in [0.3, 0.4) is 0 Å². The van der Waals surface area contributed by atoms with Gasteiger partial charge in [-0.2, -0.15) is 0 Å². The number of hydrogen-bond acceptors (Lipinski definition) is 4. The molecule has 0 atom stereocenters. The van der Waals surface area contributed by atoms with Gasteiger partial charge < -0.3 is 14.5 Å². The molecule has 0 radical (unpaired) electrons. The number of aryl methyl sites for hydroxylation is 1. The van der Waals surface area contributed by atoms with E-state index in [1.807, 2.05) is 42.5 Å². The summed E-state index contributed by atoms with van der Waals surface area (Å²) in [7, 11) is 0. The van der Waals surface area contributed by atoms with Gasteiger partial charge in [0.05, 0.1) is 10.6 Å². The van der Waals surface area contributed by atoms with Gasteiger partial charge in [-0.1, -0.05) is 50.6 Å². The van der Waals surface area contributed by atoms with E-state index in [9.17, 15) is 4.79 Å². The SMILES string of the molecule is CCc1ccc(OCC(=O)Nc2ccc(Cl)c(-c3nc4cc(C(C)C)ccc4o3)c2)cc1. The standard InChI is InChI=1S/C26H25ClN2O3/c1-4-17-5-9-20(10-6-17)31-15-25(30)28-19-8-11-22(27)21(14-19)26-29-23-13-18(16(2)3)7-12-24(23)32-26/h5-14,16H,4,15H2,1-3H3,(H,28,30). The van der Waals surface area contributed by atoms with E-state index in [4.69, 9.17) is 20.8 Å². The lowest BCUT2D eigenvalue weighted by atomic mass is 10.0. The second kappa shape index (κ2) is 9.45. The van der Waals surface area contributed by atoms with E-state index < -0.39 is 0 Å². The molecule has 0 aliphatic heterocycles. The smallest absolute Gasteiger partial charge is 0.262 e. The Morgan fingerprint density at radius 2 is 1.88 bits per heavy atom. The minimum Gasteiger partial charge on any atom is -0.484 e. The number of aromatic nitrogens is 1. The van der Waals surface area contributed by atoms with E-state index in [1.165, 1.54) is 11.1 Å². The molecule has 32 heavy (non-hydrogen) atoms. The minimum absolute atomic E-state index is 0.0930. The van der Waals surface area contributed by atoms with Crippen LogP contribution in [0.25, 0.3) is 22.6 Å². The monoisotopic (exact) mass is 448 g/mol. The molecule has 0 bridgehead atoms. The largest absolute Gasteiger partial charge is 0.484 e. The lowest BCUT2D eigenvalue weighted by molar-refractivity contribution is -0.118. The van der Waals surface area contributed by atoms with Crippen molar-refractivity contribution in [2.45, 2.75) is 33.1 Å². The quantitative estimate of drug-likeness (QED) is 0.335. The number of amides is 1. The second-order valence-electron chi connectivity index (χ2n) is 7.93. The van der Waals surface area contributed by atoms with Gasteiger partial charge in [-0.15, -0.1) is 0 Å². The maximum atomic E-state index is 12.4. The second-order valence-corrected chi connectivity index (χ2v) is 8.34. The number of hydrogen-bond donors (Lipinski definition) is 1. The van der Waals surface area contributed by atoms with Crippen molar-refractivity contribution in [2.75, 3.05) is 11.9 Å². The van der Waals surface area contributed by atoms with Gasteiger partial charge in [0.25, 0.3) is 5.91 Å². The molecule has 0 fully saturated rings. The van der Waals surface area contributed by atoms with Crippen molar-refractivity contribution in [3.8, 4) is 17.2 Å². The minimum atomic E-state index is -0.267. The number of oxazole rings is 1. The first-order valence-electron chi connectivity index (χ1n) is 10.6. The third-order valence-electron chi connectivity index (χ3n) is 5.26. The van der Waals surface area contributed by atoms with Crippen molar-refractivity contribution < 1.29 is 13.9 Å². The molecule has 5 nitrogen and oxygen atoms in total. The van der Waals surface area contributed by atoms with E-state index in [0.29, 0.717) is 39.4 Å². The number of anilines is 1. The van der Waals surface area contributed by atoms with E-state index >= 15 is 0 Å². The molecule has 1 N–H and O–H groups in total. The summed E-state index contributed by atoms with van der Waals surface area (Å²) < 4.78 is 11.5. The summed E-state index contributed by atoms with van der Waals surface area (Å²) in [6.45, 7) is 6.27. The van der Waals surface area contributed by atoms with Crippen molar-refractivity contribution in [1.82, 2.24) is 4.98 Å². The molecular formula is C26H25ClN2O3. The predicted octanol–water partition coefficient (Wildman–Crippen LogP) is 6.85. The van der Waals surface area contributed by atoms with Crippen LogP contribution in [0.1, 0.15) is 37.8 Å². The number of rotatable bonds is 7. The Hall–Kier alpha value is -3.31. The van der Waals surface area contributed by atoms with Crippen molar-refractivity contribution in [3.63, 3.8) is 0 Å². The number of halogens is 1. The number of nitrogens with zero attached hydrogens (tertiary/aromatic N) is 1. The fourth-order valence-corrected chi connectivity index (χ4v) is 3.55. The zero-order chi connectivity index (χ0) is 22.7. The molecule has 164 valence electrons. The van der Waals surface area contributed by atoms with Gasteiger partial charge in [0.15, 0.2) is 12.2 Å². The Balaban J connectivity index is 1.48. The topological polar surface area (TPSA) is 64.4 Å². The number of fused-ring (bicyclic) bond motifs is 1. The summed E-state index contributed by atoms with van der Waals surface area (Å²) >= 11 is 6.41. The fraction of sp³-hybridized carbons (Fsp3) is 0.231. The summed E-state index contributed by atoms with van der Waals surface area (Å²) in [5.41, 5.74) is 5.08. The molecule has 3 aromatic carbocycles. The Labute approximate surface area is 192 Å². The van der Waals surface area contributed by atoms with Crippen LogP contribution < -0.4 is 10.1 Å². The molecule has 1 heterocycles. The van der Waals surface area contributed by atoms with E-state index in [0.717, 1.165) is 11.9 Å². The van der Waals surface area contributed by atoms with E-state index in [-0.39, 0.29) is 12.5 Å². The highest BCUT2D eigenvalue weighted by molar-refractivity contribution is 6.33. The van der Waals surface area contributed by atoms with Gasteiger partial charge in [-0.05, 0) is 65.9 Å². The van der Waals surface area contributed by atoms with Crippen molar-refractivity contribution in [1.29, 1.82) is 0 Å². The maximum absolute atomic E-state index is 12.4. The van der Waals surface area contributed by atoms with Crippen molar-refractivity contribution in [2.24, 2.45) is 0 Å². The molecule has 1 aromatic heterocycles. The molecule has 4 aromatic rings. The Bertz CT molecular complexity index is 1250. The molecule has 6 heteroatoms. The molecule has 0 saturated carbocycles. The molecule has 0 spiro atoms. The van der Waals surface area contributed by atoms with Gasteiger partial charge in [0.2, 0.25) is 5.89 Å². The first-order valence-corrected chi connectivity index (χ1v) is 11.0. The average Bonchev–Trinajstić information content (AvgIpc) is 3.22. The van der Waals surface area contributed by atoms with Crippen LogP contribution in [0.5, 0.6) is 5.75 Å². The molecule has 4 rings (SSSR count). The highest BCUT2D eigenvalue weighted by atomic mass is 35.5. The van der Waals surface area contributed by atoms with Gasteiger partial charge in [-0.3, -0.25) is 4.79 Å². The number of ether oxygens (including phenoxy) is 1. The lowest BCUT2D eigenvalue weighted by Gasteiger charge is -2.09. The van der Waals surface area contributed by atoms with Crippen molar-refractivity contribution >= 4 is 34.3 Å². The van der Waals surface area contributed by atoms with Crippen LogP contribution in [0.15, 0.2) is 65.1 Å². The number of carbonyl (C=O) groups excluding carboxylic acids is 1. The molecule has 0 aliphatic carbocycles. The maximum Gasteiger partial charge on any atom is 0.262 e. The Kier molecular flexibility index (Phi) is 6.47. The fourth-order valence-electron chi connectivity index (χ4n) is 3.35. The first kappa shape index (κ1) is 21.9. The molecule has 1 amide bonds. The van der Waals surface area contributed by atoms with Crippen LogP contribution >= 0.6 is 11.6 Å². The molecule has 0 aliphatic rings. The van der Waals surface area contributed by atoms with Crippen LogP contribution in [0.4, 0.5) is 5.69 Å².